The fourth-order valence-corrected chi connectivity index (χ4v) is 4.79. The molecule has 1 fully saturated rings. The number of sulfonamides is 1. The average Bonchev–Trinajstić information content (AvgIpc) is 2.68. The number of carbonyl (C=O) groups excluding carboxylic acids is 1. The van der Waals surface area contributed by atoms with Crippen LogP contribution in [0.25, 0.3) is 0 Å². The number of hydrogen-bond acceptors (Lipinski definition) is 4. The molecule has 1 saturated heterocycles. The number of quaternary nitrogens is 1. The molecular weight excluding hydrogens is 388 g/mol. The van der Waals surface area contributed by atoms with E-state index in [-0.39, 0.29) is 18.4 Å². The van der Waals surface area contributed by atoms with Crippen LogP contribution >= 0.6 is 0 Å². The smallest absolute Gasteiger partial charge is 0.276 e. The fourth-order valence-electron chi connectivity index (χ4n) is 3.35. The van der Waals surface area contributed by atoms with E-state index in [0.29, 0.717) is 31.1 Å². The molecule has 1 aromatic carbocycles. The molecular formula is C21H33N4O3S+. The van der Waals surface area contributed by atoms with Crippen LogP contribution in [0.15, 0.2) is 29.2 Å². The van der Waals surface area contributed by atoms with E-state index in [1.54, 1.807) is 19.1 Å². The molecule has 0 unspecified atom stereocenters. The molecule has 0 spiro atoms. The Kier molecular flexibility index (Phi) is 7.80. The van der Waals surface area contributed by atoms with Crippen LogP contribution in [0, 0.1) is 17.2 Å². The highest BCUT2D eigenvalue weighted by Crippen LogP contribution is 2.17. The summed E-state index contributed by atoms with van der Waals surface area (Å²) in [5, 5.41) is 12.2. The highest BCUT2D eigenvalue weighted by Gasteiger charge is 2.34. The Morgan fingerprint density at radius 2 is 1.86 bits per heavy atom. The molecule has 1 aliphatic rings. The first kappa shape index (κ1) is 23.3. The summed E-state index contributed by atoms with van der Waals surface area (Å²) >= 11 is 0. The number of nitrogens with one attached hydrogen (secondary N) is 2. The Labute approximate surface area is 174 Å². The maximum absolute atomic E-state index is 12.9. The van der Waals surface area contributed by atoms with E-state index in [9.17, 15) is 18.5 Å². The summed E-state index contributed by atoms with van der Waals surface area (Å²) in [5.74, 6) is -0.183. The van der Waals surface area contributed by atoms with Crippen LogP contribution in [0.4, 0.5) is 0 Å². The van der Waals surface area contributed by atoms with Crippen LogP contribution in [0.2, 0.25) is 0 Å². The Hall–Kier alpha value is -1.95. The summed E-state index contributed by atoms with van der Waals surface area (Å²) in [6.45, 7) is 9.73. The molecule has 1 aromatic rings. The van der Waals surface area contributed by atoms with E-state index < -0.39 is 15.6 Å². The molecule has 0 aliphatic carbocycles. The molecule has 1 atom stereocenters. The van der Waals surface area contributed by atoms with Gasteiger partial charge in [0.1, 0.15) is 5.54 Å². The number of rotatable bonds is 8. The van der Waals surface area contributed by atoms with E-state index in [1.165, 1.54) is 4.31 Å². The molecule has 0 radical (unpaired) electrons. The Bertz CT molecular complexity index is 838. The van der Waals surface area contributed by atoms with Gasteiger partial charge in [-0.15, -0.1) is 0 Å². The Balaban J connectivity index is 1.92. The van der Waals surface area contributed by atoms with E-state index in [1.807, 2.05) is 26.0 Å². The number of aryl methyl sites for hydroxylation is 1. The Morgan fingerprint density at radius 3 is 2.34 bits per heavy atom. The molecule has 8 heteroatoms. The zero-order valence-corrected chi connectivity index (χ0v) is 18.7. The van der Waals surface area contributed by atoms with Gasteiger partial charge >= 0.3 is 0 Å². The number of hydrogen-bond donors (Lipinski definition) is 2. The van der Waals surface area contributed by atoms with Crippen molar-refractivity contribution >= 4 is 15.9 Å². The largest absolute Gasteiger partial charge is 0.333 e. The molecule has 29 heavy (non-hydrogen) atoms. The summed E-state index contributed by atoms with van der Waals surface area (Å²) in [6.07, 6.45) is 1.96. The molecule has 1 heterocycles. The standard InChI is InChI=1S/C21H32N4O3S/c1-5-6-18-7-9-19(10-8-18)29(27,28)25-13-11-24(12-14-25)15-20(26)23-21(4,16-22)17(2)3/h7-10,17H,5-6,11-15H2,1-4H3,(H,23,26)/p+1/t21-/m0/s1. The minimum Gasteiger partial charge on any atom is -0.333 e. The number of nitriles is 1. The second-order valence-corrected chi connectivity index (χ2v) is 10.2. The molecule has 0 saturated carbocycles. The van der Waals surface area contributed by atoms with Crippen LogP contribution in [0.3, 0.4) is 0 Å². The Morgan fingerprint density at radius 1 is 1.28 bits per heavy atom. The highest BCUT2D eigenvalue weighted by atomic mass is 32.2. The summed E-state index contributed by atoms with van der Waals surface area (Å²) in [7, 11) is -3.51. The van der Waals surface area contributed by atoms with Gasteiger partial charge in [-0.05, 0) is 37.0 Å². The number of carbonyl (C=O) groups is 1. The molecule has 2 rings (SSSR count). The predicted molar refractivity (Wildman–Crippen MR) is 112 cm³/mol. The monoisotopic (exact) mass is 421 g/mol. The van der Waals surface area contributed by atoms with Crippen molar-refractivity contribution in [3.8, 4) is 6.07 Å². The van der Waals surface area contributed by atoms with Crippen LogP contribution < -0.4 is 10.2 Å². The normalized spacial score (nSPS) is 18.2. The third kappa shape index (κ3) is 5.78. The van der Waals surface area contributed by atoms with Gasteiger partial charge in [0, 0.05) is 0 Å². The first-order chi connectivity index (χ1) is 13.6. The lowest BCUT2D eigenvalue weighted by Gasteiger charge is -2.32. The SMILES string of the molecule is CCCc1ccc(S(=O)(=O)N2CC[NH+](CC(=O)N[C@@](C)(C#N)C(C)C)CC2)cc1. The van der Waals surface area contributed by atoms with Crippen molar-refractivity contribution in [1.82, 2.24) is 9.62 Å². The van der Waals surface area contributed by atoms with Gasteiger partial charge in [0.05, 0.1) is 37.1 Å². The third-order valence-electron chi connectivity index (χ3n) is 5.73. The first-order valence-electron chi connectivity index (χ1n) is 10.3. The minimum atomic E-state index is -3.51. The van der Waals surface area contributed by atoms with Crippen molar-refractivity contribution in [2.24, 2.45) is 5.92 Å². The first-order valence-corrected chi connectivity index (χ1v) is 11.7. The fraction of sp³-hybridized carbons (Fsp3) is 0.619. The number of nitrogens with zero attached hydrogens (tertiary/aromatic N) is 2. The van der Waals surface area contributed by atoms with Crippen molar-refractivity contribution in [2.75, 3.05) is 32.7 Å². The van der Waals surface area contributed by atoms with Gasteiger partial charge in [0.15, 0.2) is 6.54 Å². The molecule has 2 N–H and O–H groups in total. The van der Waals surface area contributed by atoms with Gasteiger partial charge in [-0.3, -0.25) is 4.79 Å². The van der Waals surface area contributed by atoms with Crippen LogP contribution in [-0.4, -0.2) is 56.9 Å². The zero-order chi connectivity index (χ0) is 21.7. The van der Waals surface area contributed by atoms with Crippen molar-refractivity contribution in [2.45, 2.75) is 51.0 Å². The summed E-state index contributed by atoms with van der Waals surface area (Å²) < 4.78 is 27.3. The lowest BCUT2D eigenvalue weighted by Crippen LogP contribution is -3.16. The van der Waals surface area contributed by atoms with E-state index in [0.717, 1.165) is 23.3 Å². The van der Waals surface area contributed by atoms with Gasteiger partial charge in [-0.2, -0.15) is 9.57 Å². The van der Waals surface area contributed by atoms with E-state index >= 15 is 0 Å². The van der Waals surface area contributed by atoms with Crippen LogP contribution in [-0.2, 0) is 21.2 Å². The zero-order valence-electron chi connectivity index (χ0n) is 17.9. The van der Waals surface area contributed by atoms with Gasteiger partial charge in [-0.1, -0.05) is 39.3 Å². The van der Waals surface area contributed by atoms with Gasteiger partial charge in [0.2, 0.25) is 10.0 Å². The van der Waals surface area contributed by atoms with Crippen molar-refractivity contribution < 1.29 is 18.1 Å². The maximum atomic E-state index is 12.9. The van der Waals surface area contributed by atoms with Gasteiger partial charge in [-0.25, -0.2) is 8.42 Å². The third-order valence-corrected chi connectivity index (χ3v) is 7.64. The summed E-state index contributed by atoms with van der Waals surface area (Å²) in [4.78, 5) is 13.7. The maximum Gasteiger partial charge on any atom is 0.276 e. The minimum absolute atomic E-state index is 0.00263. The highest BCUT2D eigenvalue weighted by molar-refractivity contribution is 7.89. The van der Waals surface area contributed by atoms with E-state index in [4.69, 9.17) is 0 Å². The van der Waals surface area contributed by atoms with Crippen molar-refractivity contribution in [3.63, 3.8) is 0 Å². The number of benzene rings is 1. The van der Waals surface area contributed by atoms with E-state index in [2.05, 4.69) is 18.3 Å². The molecule has 1 amide bonds. The predicted octanol–water partition coefficient (Wildman–Crippen LogP) is 0.583. The van der Waals surface area contributed by atoms with Crippen LogP contribution in [0.5, 0.6) is 0 Å². The molecule has 7 nitrogen and oxygen atoms in total. The molecule has 160 valence electrons. The number of piperazine rings is 1. The molecule has 0 aromatic heterocycles. The quantitative estimate of drug-likeness (QED) is 0.642. The second kappa shape index (κ2) is 9.70. The molecule has 1 aliphatic heterocycles. The van der Waals surface area contributed by atoms with Crippen molar-refractivity contribution in [3.05, 3.63) is 29.8 Å². The van der Waals surface area contributed by atoms with Crippen LogP contribution in [0.1, 0.15) is 39.7 Å². The second-order valence-electron chi connectivity index (χ2n) is 8.24. The lowest BCUT2D eigenvalue weighted by atomic mass is 9.90. The van der Waals surface area contributed by atoms with Crippen molar-refractivity contribution in [1.29, 1.82) is 5.26 Å². The molecule has 0 bridgehead atoms. The summed E-state index contributed by atoms with van der Waals surface area (Å²) in [5.41, 5.74) is 0.239. The average molecular weight is 422 g/mol. The topological polar surface area (TPSA) is 94.7 Å². The van der Waals surface area contributed by atoms with Gasteiger partial charge in [0.25, 0.3) is 5.91 Å². The summed E-state index contributed by atoms with van der Waals surface area (Å²) in [6, 6.07) is 9.29. The lowest BCUT2D eigenvalue weighted by molar-refractivity contribution is -0.895. The van der Waals surface area contributed by atoms with Gasteiger partial charge < -0.3 is 10.2 Å². The number of amides is 1.